The van der Waals surface area contributed by atoms with E-state index in [0.29, 0.717) is 0 Å². The lowest BCUT2D eigenvalue weighted by Crippen LogP contribution is -1.86. The summed E-state index contributed by atoms with van der Waals surface area (Å²) in [6.45, 7) is 0. The van der Waals surface area contributed by atoms with E-state index >= 15 is 0 Å². The number of hydrogen-bond acceptors (Lipinski definition) is 0. The van der Waals surface area contributed by atoms with E-state index < -0.39 is 0 Å². The van der Waals surface area contributed by atoms with Gasteiger partial charge in [-0.05, 0) is 30.5 Å². The Kier molecular flexibility index (Phi) is 1.64. The van der Waals surface area contributed by atoms with Crippen LogP contribution in [-0.2, 0) is 0 Å². The SMILES string of the molecule is C1=CCCC(c2ccc[nH]2)=C1. The lowest BCUT2D eigenvalue weighted by molar-refractivity contribution is 1.04. The molecule has 0 bridgehead atoms. The topological polar surface area (TPSA) is 15.8 Å². The van der Waals surface area contributed by atoms with Crippen molar-refractivity contribution in [3.63, 3.8) is 0 Å². The minimum Gasteiger partial charge on any atom is -0.361 e. The van der Waals surface area contributed by atoms with E-state index in [0.717, 1.165) is 6.42 Å². The number of H-pyrrole nitrogens is 1. The zero-order valence-electron chi connectivity index (χ0n) is 6.38. The van der Waals surface area contributed by atoms with Gasteiger partial charge in [0.1, 0.15) is 0 Å². The van der Waals surface area contributed by atoms with E-state index in [9.17, 15) is 0 Å². The fourth-order valence-corrected chi connectivity index (χ4v) is 1.36. The van der Waals surface area contributed by atoms with Crippen LogP contribution in [0.1, 0.15) is 18.5 Å². The normalized spacial score (nSPS) is 16.5. The summed E-state index contributed by atoms with van der Waals surface area (Å²) < 4.78 is 0. The number of nitrogens with one attached hydrogen (secondary N) is 1. The Hall–Kier alpha value is -1.24. The van der Waals surface area contributed by atoms with Crippen LogP contribution < -0.4 is 0 Å². The Morgan fingerprint density at radius 2 is 2.36 bits per heavy atom. The van der Waals surface area contributed by atoms with Crippen LogP contribution in [0.2, 0.25) is 0 Å². The summed E-state index contributed by atoms with van der Waals surface area (Å²) in [6.07, 6.45) is 10.8. The van der Waals surface area contributed by atoms with E-state index in [1.165, 1.54) is 17.7 Å². The number of aromatic amines is 1. The van der Waals surface area contributed by atoms with Crippen molar-refractivity contribution >= 4 is 5.57 Å². The fraction of sp³-hybridized carbons (Fsp3) is 0.200. The van der Waals surface area contributed by atoms with Gasteiger partial charge in [0.05, 0.1) is 0 Å². The molecule has 0 unspecified atom stereocenters. The van der Waals surface area contributed by atoms with Gasteiger partial charge in [-0.25, -0.2) is 0 Å². The molecule has 2 rings (SSSR count). The molecule has 0 fully saturated rings. The molecule has 11 heavy (non-hydrogen) atoms. The van der Waals surface area contributed by atoms with Crippen LogP contribution in [0.4, 0.5) is 0 Å². The van der Waals surface area contributed by atoms with Gasteiger partial charge in [-0.2, -0.15) is 0 Å². The van der Waals surface area contributed by atoms with Crippen molar-refractivity contribution in [3.8, 4) is 0 Å². The number of aromatic nitrogens is 1. The summed E-state index contributed by atoms with van der Waals surface area (Å²) in [7, 11) is 0. The summed E-state index contributed by atoms with van der Waals surface area (Å²) in [5, 5.41) is 0. The van der Waals surface area contributed by atoms with Crippen molar-refractivity contribution in [2.75, 3.05) is 0 Å². The quantitative estimate of drug-likeness (QED) is 0.625. The first-order valence-electron chi connectivity index (χ1n) is 3.96. The van der Waals surface area contributed by atoms with Crippen LogP contribution in [0.15, 0.2) is 36.6 Å². The van der Waals surface area contributed by atoms with E-state index in [-0.39, 0.29) is 0 Å². The highest BCUT2D eigenvalue weighted by atomic mass is 14.7. The largest absolute Gasteiger partial charge is 0.361 e. The Morgan fingerprint density at radius 1 is 1.36 bits per heavy atom. The van der Waals surface area contributed by atoms with Crippen LogP contribution in [0.5, 0.6) is 0 Å². The lowest BCUT2D eigenvalue weighted by Gasteiger charge is -2.05. The molecule has 1 nitrogen and oxygen atoms in total. The van der Waals surface area contributed by atoms with Crippen molar-refractivity contribution in [1.82, 2.24) is 4.98 Å². The predicted molar refractivity (Wildman–Crippen MR) is 47.1 cm³/mol. The highest BCUT2D eigenvalue weighted by molar-refractivity contribution is 5.65. The molecule has 1 aliphatic carbocycles. The maximum atomic E-state index is 3.20. The van der Waals surface area contributed by atoms with Gasteiger partial charge in [0.2, 0.25) is 0 Å². The molecule has 0 saturated carbocycles. The molecule has 0 aromatic carbocycles. The maximum absolute atomic E-state index is 3.20. The summed E-state index contributed by atoms with van der Waals surface area (Å²) in [6, 6.07) is 4.15. The van der Waals surface area contributed by atoms with Crippen molar-refractivity contribution in [3.05, 3.63) is 42.3 Å². The first kappa shape index (κ1) is 6.47. The van der Waals surface area contributed by atoms with Crippen LogP contribution in [0.25, 0.3) is 5.57 Å². The molecule has 1 heterocycles. The zero-order valence-corrected chi connectivity index (χ0v) is 6.38. The van der Waals surface area contributed by atoms with Gasteiger partial charge >= 0.3 is 0 Å². The van der Waals surface area contributed by atoms with Gasteiger partial charge in [0.25, 0.3) is 0 Å². The van der Waals surface area contributed by atoms with Gasteiger partial charge < -0.3 is 4.98 Å². The molecule has 0 saturated heterocycles. The van der Waals surface area contributed by atoms with Gasteiger partial charge in [-0.3, -0.25) is 0 Å². The van der Waals surface area contributed by atoms with Crippen LogP contribution in [-0.4, -0.2) is 4.98 Å². The summed E-state index contributed by atoms with van der Waals surface area (Å²) in [4.78, 5) is 3.20. The monoisotopic (exact) mass is 145 g/mol. The van der Waals surface area contributed by atoms with Crippen molar-refractivity contribution in [1.29, 1.82) is 0 Å². The molecule has 56 valence electrons. The van der Waals surface area contributed by atoms with Gasteiger partial charge in [0.15, 0.2) is 0 Å². The van der Waals surface area contributed by atoms with E-state index in [4.69, 9.17) is 0 Å². The third-order valence-electron chi connectivity index (χ3n) is 1.96. The second-order valence-electron chi connectivity index (χ2n) is 2.74. The second kappa shape index (κ2) is 2.79. The fourth-order valence-electron chi connectivity index (χ4n) is 1.36. The molecule has 1 heteroatoms. The third kappa shape index (κ3) is 1.27. The first-order valence-corrected chi connectivity index (χ1v) is 3.96. The van der Waals surface area contributed by atoms with Crippen molar-refractivity contribution in [2.24, 2.45) is 0 Å². The third-order valence-corrected chi connectivity index (χ3v) is 1.96. The molecule has 0 amide bonds. The molecule has 1 aliphatic rings. The molecular weight excluding hydrogens is 134 g/mol. The maximum Gasteiger partial charge on any atom is 0.0412 e. The standard InChI is InChI=1S/C10H11N/c1-2-5-9(6-3-1)10-7-4-8-11-10/h1-2,4-5,7-8,11H,3,6H2. The molecular formula is C10H11N. The van der Waals surface area contributed by atoms with Crippen molar-refractivity contribution in [2.45, 2.75) is 12.8 Å². The Balaban J connectivity index is 2.29. The molecule has 0 aliphatic heterocycles. The Morgan fingerprint density at radius 3 is 3.00 bits per heavy atom. The van der Waals surface area contributed by atoms with Crippen LogP contribution in [0.3, 0.4) is 0 Å². The van der Waals surface area contributed by atoms with E-state index in [1.807, 2.05) is 12.3 Å². The number of hydrogen-bond donors (Lipinski definition) is 1. The second-order valence-corrected chi connectivity index (χ2v) is 2.74. The Labute approximate surface area is 66.4 Å². The van der Waals surface area contributed by atoms with Gasteiger partial charge in [-0.15, -0.1) is 0 Å². The van der Waals surface area contributed by atoms with E-state index in [1.54, 1.807) is 0 Å². The summed E-state index contributed by atoms with van der Waals surface area (Å²) >= 11 is 0. The lowest BCUT2D eigenvalue weighted by atomic mass is 10.0. The van der Waals surface area contributed by atoms with E-state index in [2.05, 4.69) is 29.3 Å². The summed E-state index contributed by atoms with van der Waals surface area (Å²) in [5.41, 5.74) is 2.67. The molecule has 1 aromatic heterocycles. The van der Waals surface area contributed by atoms with Crippen LogP contribution in [0, 0.1) is 0 Å². The highest BCUT2D eigenvalue weighted by Crippen LogP contribution is 2.21. The molecule has 0 atom stereocenters. The predicted octanol–water partition coefficient (Wildman–Crippen LogP) is 2.75. The molecule has 0 radical (unpaired) electrons. The average Bonchev–Trinajstić information content (AvgIpc) is 2.58. The molecule has 0 spiro atoms. The summed E-state index contributed by atoms with van der Waals surface area (Å²) in [5.74, 6) is 0. The van der Waals surface area contributed by atoms with Crippen molar-refractivity contribution < 1.29 is 0 Å². The minimum absolute atomic E-state index is 1.16. The smallest absolute Gasteiger partial charge is 0.0412 e. The average molecular weight is 145 g/mol. The first-order chi connectivity index (χ1) is 5.47. The van der Waals surface area contributed by atoms with Gasteiger partial charge in [-0.1, -0.05) is 18.2 Å². The Bertz CT molecular complexity index is 278. The van der Waals surface area contributed by atoms with Gasteiger partial charge in [0, 0.05) is 11.9 Å². The highest BCUT2D eigenvalue weighted by Gasteiger charge is 2.01. The molecule has 1 N–H and O–H groups in total. The number of rotatable bonds is 1. The molecule has 1 aromatic rings. The number of allylic oxidation sites excluding steroid dienone is 4. The zero-order chi connectivity index (χ0) is 7.52. The minimum atomic E-state index is 1.16. The van der Waals surface area contributed by atoms with Crippen LogP contribution >= 0.6 is 0 Å².